The van der Waals surface area contributed by atoms with Gasteiger partial charge in [0.05, 0.1) is 23.9 Å². The van der Waals surface area contributed by atoms with Crippen molar-refractivity contribution >= 4 is 12.3 Å². The third-order valence-corrected chi connectivity index (χ3v) is 15.2. The Morgan fingerprint density at radius 1 is 0.981 bits per heavy atom. The Kier molecular flexibility index (Phi) is 14.7. The van der Waals surface area contributed by atoms with Crippen LogP contribution in [-0.2, 0) is 17.8 Å². The van der Waals surface area contributed by atoms with E-state index in [2.05, 4.69) is 68.5 Å². The van der Waals surface area contributed by atoms with Gasteiger partial charge in [0.15, 0.2) is 0 Å². The fourth-order valence-electron chi connectivity index (χ4n) is 12.9. The van der Waals surface area contributed by atoms with Crippen LogP contribution in [0.5, 0.6) is 0 Å². The van der Waals surface area contributed by atoms with Crippen LogP contribution in [0.3, 0.4) is 0 Å². The molecule has 54 heavy (non-hydrogen) atoms. The highest BCUT2D eigenvalue weighted by molar-refractivity contribution is 5.94. The largest absolute Gasteiger partial charge is 0.393 e. The molecule has 0 bridgehead atoms. The molecule has 5 aliphatic carbocycles. The third kappa shape index (κ3) is 8.49. The van der Waals surface area contributed by atoms with E-state index in [1.54, 1.807) is 24.4 Å². The molecule has 7 rings (SSSR count). The number of rotatable bonds is 6. The Morgan fingerprint density at radius 2 is 1.69 bits per heavy atom. The lowest BCUT2D eigenvalue weighted by molar-refractivity contribution is -0.214. The first-order valence-corrected chi connectivity index (χ1v) is 21.0. The Morgan fingerprint density at radius 3 is 2.35 bits per heavy atom. The number of pyridine rings is 1. The van der Waals surface area contributed by atoms with Crippen LogP contribution < -0.4 is 11.1 Å². The molecule has 5 aliphatic rings. The number of nitrogens with zero attached hydrogens (tertiary/aromatic N) is 2. The molecule has 0 spiro atoms. The van der Waals surface area contributed by atoms with Gasteiger partial charge in [-0.1, -0.05) is 66.2 Å². The highest BCUT2D eigenvalue weighted by atomic mass is 16.3. The molecule has 0 aliphatic heterocycles. The summed E-state index contributed by atoms with van der Waals surface area (Å²) in [5.74, 6) is 3.93. The molecule has 1 aromatic heterocycles. The number of carbonyl (C=O) groups is 2. The SMILES string of the molecule is C=CC.CC.CC1(C)C(O)CCC2(C)C1CCC1(C)C3CCC4(CCc5cccc(C(=O)NCc6ccc(C#N)cn6)c5)CCCC4C3CCC12.NC=O. The van der Waals surface area contributed by atoms with Crippen LogP contribution in [0.4, 0.5) is 0 Å². The Hall–Kier alpha value is -3.50. The number of fused-ring (bicyclic) bond motifs is 7. The maximum atomic E-state index is 13.0. The monoisotopic (exact) mass is 739 g/mol. The number of primary amides is 1. The molecule has 4 N–H and O–H groups in total. The van der Waals surface area contributed by atoms with Crippen LogP contribution in [-0.4, -0.2) is 28.5 Å². The molecule has 7 heteroatoms. The smallest absolute Gasteiger partial charge is 0.251 e. The molecule has 5 fully saturated rings. The van der Waals surface area contributed by atoms with E-state index in [1.807, 2.05) is 32.9 Å². The van der Waals surface area contributed by atoms with Crippen molar-refractivity contribution in [2.45, 2.75) is 145 Å². The molecule has 1 aromatic carbocycles. The average molecular weight is 739 g/mol. The number of hydrogen-bond acceptors (Lipinski definition) is 5. The normalized spacial score (nSPS) is 34.0. The molecule has 0 radical (unpaired) electrons. The molecule has 9 atom stereocenters. The molecule has 296 valence electrons. The van der Waals surface area contributed by atoms with Crippen molar-refractivity contribution in [3.8, 4) is 6.07 Å². The molecule has 2 amide bonds. The first kappa shape index (κ1) is 43.2. The van der Waals surface area contributed by atoms with Crippen LogP contribution in [0.15, 0.2) is 55.3 Å². The number of aromatic nitrogens is 1. The number of nitrogens with one attached hydrogen (secondary N) is 1. The lowest BCUT2D eigenvalue weighted by Crippen LogP contribution is -2.63. The number of benzene rings is 1. The average Bonchev–Trinajstić information content (AvgIpc) is 3.61. The zero-order valence-electron chi connectivity index (χ0n) is 34.5. The second kappa shape index (κ2) is 18.4. The first-order valence-electron chi connectivity index (χ1n) is 21.0. The topological polar surface area (TPSA) is 129 Å². The fourth-order valence-corrected chi connectivity index (χ4v) is 12.9. The summed E-state index contributed by atoms with van der Waals surface area (Å²) in [6, 6.07) is 13.9. The summed E-state index contributed by atoms with van der Waals surface area (Å²) >= 11 is 0. The van der Waals surface area contributed by atoms with Gasteiger partial charge >= 0.3 is 0 Å². The molecule has 9 unspecified atom stereocenters. The molecule has 7 nitrogen and oxygen atoms in total. The predicted octanol–water partition coefficient (Wildman–Crippen LogP) is 9.96. The minimum absolute atomic E-state index is 0.0263. The van der Waals surface area contributed by atoms with Gasteiger partial charge in [-0.25, -0.2) is 0 Å². The minimum atomic E-state index is -0.152. The van der Waals surface area contributed by atoms with Crippen LogP contribution in [0, 0.1) is 62.6 Å². The van der Waals surface area contributed by atoms with Crippen molar-refractivity contribution in [3.63, 3.8) is 0 Å². The molecular weight excluding hydrogens is 669 g/mol. The Balaban J connectivity index is 0.000000752. The van der Waals surface area contributed by atoms with Crippen molar-refractivity contribution in [1.29, 1.82) is 5.26 Å². The van der Waals surface area contributed by atoms with Gasteiger partial charge in [0.1, 0.15) is 6.07 Å². The van der Waals surface area contributed by atoms with Gasteiger partial charge in [0, 0.05) is 11.8 Å². The van der Waals surface area contributed by atoms with E-state index >= 15 is 0 Å². The fraction of sp³-hybridized carbons (Fsp3) is 0.660. The van der Waals surface area contributed by atoms with Gasteiger partial charge in [-0.3, -0.25) is 14.6 Å². The van der Waals surface area contributed by atoms with Gasteiger partial charge in [-0.15, -0.1) is 6.58 Å². The van der Waals surface area contributed by atoms with E-state index in [9.17, 15) is 9.90 Å². The van der Waals surface area contributed by atoms with Crippen LogP contribution >= 0.6 is 0 Å². The second-order valence-electron chi connectivity index (χ2n) is 17.9. The summed E-state index contributed by atoms with van der Waals surface area (Å²) in [5, 5.41) is 23.0. The number of aliphatic hydroxyl groups is 1. The predicted molar refractivity (Wildman–Crippen MR) is 219 cm³/mol. The van der Waals surface area contributed by atoms with E-state index in [0.717, 1.165) is 42.2 Å². The molecule has 2 aromatic rings. The van der Waals surface area contributed by atoms with Gasteiger partial charge < -0.3 is 16.2 Å². The number of nitrogens with two attached hydrogens (primary N) is 1. The standard InChI is InChI=1S/C41H55N3O2.C3H6.C2H6.CH3NO/c1-38(2)34-16-19-39(3)32-15-22-41(18-6-9-33(41)31(32)12-13-35(39)40(34,4)20-17-36(38)45)21-14-27-7-5-8-29(23-27)37(46)44-26-30-11-10-28(24-42)25-43-30;1-3-2;1-2;2-1-3/h5,7-8,10-11,23,25,31-36,45H,6,9,12-22,26H2,1-4H3,(H,44,46);3H,1H2,2H3;1-2H3;1H,(H2,2,3). The summed E-state index contributed by atoms with van der Waals surface area (Å²) in [6.45, 7) is 19.7. The number of nitriles is 1. The highest BCUT2D eigenvalue weighted by Crippen LogP contribution is 2.73. The number of hydrogen-bond donors (Lipinski definition) is 3. The third-order valence-electron chi connectivity index (χ3n) is 15.2. The summed E-state index contributed by atoms with van der Waals surface area (Å²) in [6.07, 6.45) is 20.2. The first-order chi connectivity index (χ1) is 25.8. The number of carbonyl (C=O) groups excluding carboxylic acids is 2. The maximum absolute atomic E-state index is 13.0. The van der Waals surface area contributed by atoms with Crippen LogP contribution in [0.1, 0.15) is 153 Å². The quantitative estimate of drug-likeness (QED) is 0.201. The molecule has 1 heterocycles. The Labute approximate surface area is 327 Å². The lowest BCUT2D eigenvalue weighted by Gasteiger charge is -2.69. The van der Waals surface area contributed by atoms with Gasteiger partial charge in [-0.2, -0.15) is 5.26 Å². The maximum Gasteiger partial charge on any atom is 0.251 e. The summed E-state index contributed by atoms with van der Waals surface area (Å²) in [5.41, 5.74) is 8.71. The lowest BCUT2D eigenvalue weighted by atomic mass is 9.36. The number of allylic oxidation sites excluding steroid dienone is 1. The van der Waals surface area contributed by atoms with Crippen molar-refractivity contribution in [1.82, 2.24) is 10.3 Å². The van der Waals surface area contributed by atoms with Gasteiger partial charge in [-0.05, 0) is 165 Å². The van der Waals surface area contributed by atoms with Crippen molar-refractivity contribution in [2.75, 3.05) is 0 Å². The van der Waals surface area contributed by atoms with E-state index in [-0.39, 0.29) is 23.8 Å². The zero-order chi connectivity index (χ0) is 39.7. The minimum Gasteiger partial charge on any atom is -0.393 e. The zero-order valence-corrected chi connectivity index (χ0v) is 34.5. The van der Waals surface area contributed by atoms with Crippen LogP contribution in [0.2, 0.25) is 0 Å². The molecule has 5 saturated carbocycles. The molecule has 0 saturated heterocycles. The van der Waals surface area contributed by atoms with Gasteiger partial charge in [0.25, 0.3) is 5.91 Å². The van der Waals surface area contributed by atoms with E-state index in [4.69, 9.17) is 10.1 Å². The van der Waals surface area contributed by atoms with Crippen molar-refractivity contribution < 1.29 is 14.7 Å². The Bertz CT molecular complexity index is 1590. The highest BCUT2D eigenvalue weighted by Gasteiger charge is 2.66. The van der Waals surface area contributed by atoms with Crippen molar-refractivity contribution in [2.24, 2.45) is 57.0 Å². The second-order valence-corrected chi connectivity index (χ2v) is 17.9. The summed E-state index contributed by atoms with van der Waals surface area (Å²) in [4.78, 5) is 25.9. The number of aryl methyl sites for hydroxylation is 1. The number of aliphatic hydroxyl groups excluding tert-OH is 1. The van der Waals surface area contributed by atoms with Crippen molar-refractivity contribution in [3.05, 3.63) is 77.6 Å². The van der Waals surface area contributed by atoms with E-state index in [1.165, 1.54) is 76.2 Å². The van der Waals surface area contributed by atoms with Crippen LogP contribution in [0.25, 0.3) is 0 Å². The van der Waals surface area contributed by atoms with Gasteiger partial charge in [0.2, 0.25) is 6.41 Å². The van der Waals surface area contributed by atoms with E-state index in [0.29, 0.717) is 39.8 Å². The summed E-state index contributed by atoms with van der Waals surface area (Å²) < 4.78 is 0. The van der Waals surface area contributed by atoms with E-state index < -0.39 is 0 Å². The number of amides is 2. The molecular formula is C47H70N4O3. The summed E-state index contributed by atoms with van der Waals surface area (Å²) in [7, 11) is 0.